The van der Waals surface area contributed by atoms with E-state index in [0.717, 1.165) is 16.1 Å². The monoisotopic (exact) mass is 327 g/mol. The van der Waals surface area contributed by atoms with Gasteiger partial charge in [0.25, 0.3) is 0 Å². The maximum atomic E-state index is 13.3. The van der Waals surface area contributed by atoms with E-state index in [4.69, 9.17) is 11.6 Å². The van der Waals surface area contributed by atoms with Crippen LogP contribution in [0.15, 0.2) is 46.9 Å². The van der Waals surface area contributed by atoms with Gasteiger partial charge in [0.05, 0.1) is 4.47 Å². The summed E-state index contributed by atoms with van der Waals surface area (Å²) in [7, 11) is 0. The Kier molecular flexibility index (Phi) is 4.75. The van der Waals surface area contributed by atoms with Crippen molar-refractivity contribution < 1.29 is 4.39 Å². The summed E-state index contributed by atoms with van der Waals surface area (Å²) < 4.78 is 13.8. The van der Waals surface area contributed by atoms with Crippen molar-refractivity contribution in [2.75, 3.05) is 0 Å². The lowest BCUT2D eigenvalue weighted by Crippen LogP contribution is -2.12. The Morgan fingerprint density at radius 1 is 1.06 bits per heavy atom. The van der Waals surface area contributed by atoms with Crippen LogP contribution in [0.4, 0.5) is 4.39 Å². The van der Waals surface area contributed by atoms with Crippen LogP contribution in [0, 0.1) is 5.82 Å². The van der Waals surface area contributed by atoms with Gasteiger partial charge in [-0.3, -0.25) is 0 Å². The quantitative estimate of drug-likeness (QED) is 0.869. The minimum Gasteiger partial charge on any atom is -0.309 e. The molecule has 0 aromatic heterocycles. The van der Waals surface area contributed by atoms with E-state index < -0.39 is 0 Å². The molecule has 2 rings (SSSR count). The normalized spacial score (nSPS) is 10.6. The van der Waals surface area contributed by atoms with Gasteiger partial charge in [0, 0.05) is 18.1 Å². The SMILES string of the molecule is Fc1cc(CNCc2cccc(Cl)c2)ccc1Br. The minimum absolute atomic E-state index is 0.239. The van der Waals surface area contributed by atoms with E-state index in [1.807, 2.05) is 30.3 Å². The van der Waals surface area contributed by atoms with Crippen LogP contribution in [0.2, 0.25) is 5.02 Å². The lowest BCUT2D eigenvalue weighted by atomic mass is 10.2. The molecular formula is C14H12BrClFN. The molecule has 0 saturated heterocycles. The van der Waals surface area contributed by atoms with Gasteiger partial charge in [-0.2, -0.15) is 0 Å². The van der Waals surface area contributed by atoms with Crippen LogP contribution in [0.1, 0.15) is 11.1 Å². The third kappa shape index (κ3) is 3.80. The summed E-state index contributed by atoms with van der Waals surface area (Å²) in [6.45, 7) is 1.33. The topological polar surface area (TPSA) is 12.0 Å². The second kappa shape index (κ2) is 6.32. The van der Waals surface area contributed by atoms with E-state index in [1.165, 1.54) is 6.07 Å². The van der Waals surface area contributed by atoms with Crippen molar-refractivity contribution in [3.05, 3.63) is 68.9 Å². The molecule has 4 heteroatoms. The largest absolute Gasteiger partial charge is 0.309 e. The summed E-state index contributed by atoms with van der Waals surface area (Å²) in [6, 6.07) is 12.8. The molecule has 0 spiro atoms. The Morgan fingerprint density at radius 2 is 1.78 bits per heavy atom. The third-order valence-electron chi connectivity index (χ3n) is 2.53. The van der Waals surface area contributed by atoms with Crippen LogP contribution in [0.3, 0.4) is 0 Å². The van der Waals surface area contributed by atoms with Crippen molar-refractivity contribution in [3.63, 3.8) is 0 Å². The van der Waals surface area contributed by atoms with Gasteiger partial charge >= 0.3 is 0 Å². The Balaban J connectivity index is 1.90. The number of nitrogens with one attached hydrogen (secondary N) is 1. The Hall–Kier alpha value is -0.900. The van der Waals surface area contributed by atoms with E-state index >= 15 is 0 Å². The number of benzene rings is 2. The highest BCUT2D eigenvalue weighted by Crippen LogP contribution is 2.16. The Bertz CT molecular complexity index is 545. The summed E-state index contributed by atoms with van der Waals surface area (Å²) in [5.41, 5.74) is 2.03. The van der Waals surface area contributed by atoms with E-state index in [0.29, 0.717) is 17.6 Å². The summed E-state index contributed by atoms with van der Waals surface area (Å²) >= 11 is 9.03. The molecule has 0 unspecified atom stereocenters. The van der Waals surface area contributed by atoms with E-state index in [-0.39, 0.29) is 5.82 Å². The fourth-order valence-electron chi connectivity index (χ4n) is 1.65. The van der Waals surface area contributed by atoms with Crippen molar-refractivity contribution in [3.8, 4) is 0 Å². The molecule has 0 saturated carbocycles. The van der Waals surface area contributed by atoms with Gasteiger partial charge in [0.2, 0.25) is 0 Å². The Morgan fingerprint density at radius 3 is 2.44 bits per heavy atom. The van der Waals surface area contributed by atoms with Crippen LogP contribution < -0.4 is 5.32 Å². The molecular weight excluding hydrogens is 317 g/mol. The van der Waals surface area contributed by atoms with Crippen molar-refractivity contribution in [2.24, 2.45) is 0 Å². The lowest BCUT2D eigenvalue weighted by Gasteiger charge is -2.06. The number of hydrogen-bond acceptors (Lipinski definition) is 1. The zero-order valence-electron chi connectivity index (χ0n) is 9.59. The molecule has 0 heterocycles. The molecule has 2 aromatic carbocycles. The molecule has 0 atom stereocenters. The highest BCUT2D eigenvalue weighted by Gasteiger charge is 2.00. The molecule has 0 aliphatic heterocycles. The average Bonchev–Trinajstić information content (AvgIpc) is 2.34. The molecule has 94 valence electrons. The Labute approximate surface area is 119 Å². The number of rotatable bonds is 4. The second-order valence-corrected chi connectivity index (χ2v) is 5.27. The van der Waals surface area contributed by atoms with Gasteiger partial charge in [-0.05, 0) is 51.3 Å². The van der Waals surface area contributed by atoms with Crippen LogP contribution >= 0.6 is 27.5 Å². The molecule has 18 heavy (non-hydrogen) atoms. The molecule has 0 bridgehead atoms. The number of hydrogen-bond donors (Lipinski definition) is 1. The van der Waals surface area contributed by atoms with Gasteiger partial charge in [-0.15, -0.1) is 0 Å². The van der Waals surface area contributed by atoms with Gasteiger partial charge < -0.3 is 5.32 Å². The van der Waals surface area contributed by atoms with Gasteiger partial charge in [-0.1, -0.05) is 29.8 Å². The first-order valence-corrected chi connectivity index (χ1v) is 6.71. The average molecular weight is 329 g/mol. The second-order valence-electron chi connectivity index (χ2n) is 3.98. The van der Waals surface area contributed by atoms with Crippen molar-refractivity contribution in [1.29, 1.82) is 0 Å². The summed E-state index contributed by atoms with van der Waals surface area (Å²) in [6.07, 6.45) is 0. The summed E-state index contributed by atoms with van der Waals surface area (Å²) in [5.74, 6) is -0.239. The smallest absolute Gasteiger partial charge is 0.137 e. The van der Waals surface area contributed by atoms with E-state index in [1.54, 1.807) is 6.07 Å². The molecule has 0 fully saturated rings. The fourth-order valence-corrected chi connectivity index (χ4v) is 2.11. The van der Waals surface area contributed by atoms with Crippen LogP contribution in [-0.4, -0.2) is 0 Å². The van der Waals surface area contributed by atoms with Crippen molar-refractivity contribution in [1.82, 2.24) is 5.32 Å². The van der Waals surface area contributed by atoms with E-state index in [9.17, 15) is 4.39 Å². The van der Waals surface area contributed by atoms with Crippen molar-refractivity contribution >= 4 is 27.5 Å². The first-order chi connectivity index (χ1) is 8.65. The molecule has 2 aromatic rings. The zero-order chi connectivity index (χ0) is 13.0. The van der Waals surface area contributed by atoms with Crippen molar-refractivity contribution in [2.45, 2.75) is 13.1 Å². The molecule has 0 aliphatic carbocycles. The predicted octanol–water partition coefficient (Wildman–Crippen LogP) is 4.53. The first kappa shape index (κ1) is 13.5. The highest BCUT2D eigenvalue weighted by atomic mass is 79.9. The third-order valence-corrected chi connectivity index (χ3v) is 3.41. The minimum atomic E-state index is -0.239. The predicted molar refractivity (Wildman–Crippen MR) is 76.1 cm³/mol. The standard InChI is InChI=1S/C14H12BrClFN/c15-13-5-4-11(7-14(13)17)9-18-8-10-2-1-3-12(16)6-10/h1-7,18H,8-9H2. The highest BCUT2D eigenvalue weighted by molar-refractivity contribution is 9.10. The molecule has 0 amide bonds. The van der Waals surface area contributed by atoms with Crippen LogP contribution in [-0.2, 0) is 13.1 Å². The summed E-state index contributed by atoms with van der Waals surface area (Å²) in [5, 5.41) is 3.98. The lowest BCUT2D eigenvalue weighted by molar-refractivity contribution is 0.614. The summed E-state index contributed by atoms with van der Waals surface area (Å²) in [4.78, 5) is 0. The molecule has 1 nitrogen and oxygen atoms in total. The van der Waals surface area contributed by atoms with E-state index in [2.05, 4.69) is 21.2 Å². The first-order valence-electron chi connectivity index (χ1n) is 5.54. The van der Waals surface area contributed by atoms with Crippen LogP contribution in [0.5, 0.6) is 0 Å². The van der Waals surface area contributed by atoms with Gasteiger partial charge in [0.15, 0.2) is 0 Å². The van der Waals surface area contributed by atoms with Gasteiger partial charge in [-0.25, -0.2) is 4.39 Å². The molecule has 0 radical (unpaired) electrons. The maximum absolute atomic E-state index is 13.3. The van der Waals surface area contributed by atoms with Crippen LogP contribution in [0.25, 0.3) is 0 Å². The van der Waals surface area contributed by atoms with Gasteiger partial charge in [0.1, 0.15) is 5.82 Å². The zero-order valence-corrected chi connectivity index (χ0v) is 11.9. The molecule has 0 aliphatic rings. The number of halogens is 3. The maximum Gasteiger partial charge on any atom is 0.137 e. The fraction of sp³-hybridized carbons (Fsp3) is 0.143. The molecule has 1 N–H and O–H groups in total.